The van der Waals surface area contributed by atoms with Gasteiger partial charge in [-0.3, -0.25) is 14.5 Å². The molecule has 0 atom stereocenters. The lowest BCUT2D eigenvalue weighted by molar-refractivity contribution is -0.126. The summed E-state index contributed by atoms with van der Waals surface area (Å²) in [7, 11) is 0. The fraction of sp³-hybridized carbons (Fsp3) is 0.529. The number of phenolic OH excluding ortho intramolecular Hbond substituents is 1. The molecule has 0 unspecified atom stereocenters. The number of amides is 2. The molecule has 3 N–H and O–H groups in total. The molecule has 1 aromatic rings. The van der Waals surface area contributed by atoms with Crippen LogP contribution in [0.5, 0.6) is 5.75 Å². The van der Waals surface area contributed by atoms with Crippen molar-refractivity contribution in [1.29, 1.82) is 0 Å². The Hall–Kier alpha value is -2.28. The molecule has 7 heteroatoms. The first kappa shape index (κ1) is 18.1. The number of hydrogen-bond acceptors (Lipinski definition) is 5. The first-order valence-corrected chi connectivity index (χ1v) is 8.38. The molecule has 1 saturated heterocycles. The third-order valence-electron chi connectivity index (χ3n) is 3.97. The number of hydrogen-bond donors (Lipinski definition) is 3. The van der Waals surface area contributed by atoms with Crippen molar-refractivity contribution >= 4 is 17.5 Å². The van der Waals surface area contributed by atoms with Crippen molar-refractivity contribution in [3.8, 4) is 5.75 Å². The van der Waals surface area contributed by atoms with Gasteiger partial charge in [0.1, 0.15) is 5.75 Å². The second-order valence-corrected chi connectivity index (χ2v) is 5.91. The highest BCUT2D eigenvalue weighted by molar-refractivity contribution is 5.85. The molecule has 0 radical (unpaired) electrons. The maximum Gasteiger partial charge on any atom is 0.239 e. The van der Waals surface area contributed by atoms with E-state index in [4.69, 9.17) is 0 Å². The van der Waals surface area contributed by atoms with E-state index in [1.165, 1.54) is 0 Å². The van der Waals surface area contributed by atoms with Crippen LogP contribution >= 0.6 is 0 Å². The number of piperazine rings is 1. The molecule has 0 spiro atoms. The van der Waals surface area contributed by atoms with Gasteiger partial charge in [0.2, 0.25) is 11.8 Å². The zero-order valence-corrected chi connectivity index (χ0v) is 14.1. The molecule has 132 valence electrons. The number of rotatable bonds is 7. The maximum atomic E-state index is 11.9. The number of carbonyl (C=O) groups is 2. The predicted molar refractivity (Wildman–Crippen MR) is 93.1 cm³/mol. The second-order valence-electron chi connectivity index (χ2n) is 5.91. The highest BCUT2D eigenvalue weighted by Crippen LogP contribution is 2.19. The van der Waals surface area contributed by atoms with E-state index >= 15 is 0 Å². The maximum absolute atomic E-state index is 11.9. The van der Waals surface area contributed by atoms with Crippen LogP contribution in [0.3, 0.4) is 0 Å². The summed E-state index contributed by atoms with van der Waals surface area (Å²) in [6.07, 6.45) is 0.880. The molecule has 0 aromatic heterocycles. The molecule has 7 nitrogen and oxygen atoms in total. The van der Waals surface area contributed by atoms with Crippen molar-refractivity contribution in [3.63, 3.8) is 0 Å². The molecule has 0 bridgehead atoms. The number of carbonyl (C=O) groups excluding carboxylic acids is 2. The monoisotopic (exact) mass is 334 g/mol. The highest BCUT2D eigenvalue weighted by Gasteiger charge is 2.19. The summed E-state index contributed by atoms with van der Waals surface area (Å²) < 4.78 is 0. The zero-order valence-electron chi connectivity index (χ0n) is 14.1. The van der Waals surface area contributed by atoms with Crippen LogP contribution in [0, 0.1) is 0 Å². The Morgan fingerprint density at radius 2 is 1.71 bits per heavy atom. The smallest absolute Gasteiger partial charge is 0.239 e. The van der Waals surface area contributed by atoms with Gasteiger partial charge in [-0.2, -0.15) is 0 Å². The first-order valence-electron chi connectivity index (χ1n) is 8.38. The van der Waals surface area contributed by atoms with E-state index in [1.807, 2.05) is 19.1 Å². The van der Waals surface area contributed by atoms with Gasteiger partial charge in [0.15, 0.2) is 0 Å². The van der Waals surface area contributed by atoms with E-state index in [1.54, 1.807) is 12.1 Å². The topological polar surface area (TPSA) is 84.9 Å². The van der Waals surface area contributed by atoms with Gasteiger partial charge >= 0.3 is 0 Å². The molecule has 2 rings (SSSR count). The Labute approximate surface area is 142 Å². The molecule has 1 aromatic carbocycles. The minimum Gasteiger partial charge on any atom is -0.508 e. The van der Waals surface area contributed by atoms with Crippen molar-refractivity contribution in [2.75, 3.05) is 50.7 Å². The predicted octanol–water partition coefficient (Wildman–Crippen LogP) is 0.157. The zero-order chi connectivity index (χ0) is 17.4. The van der Waals surface area contributed by atoms with Crippen LogP contribution in [-0.2, 0) is 9.59 Å². The van der Waals surface area contributed by atoms with E-state index in [-0.39, 0.29) is 24.1 Å². The van der Waals surface area contributed by atoms with Gasteiger partial charge in [0.25, 0.3) is 0 Å². The Bertz CT molecular complexity index is 539. The van der Waals surface area contributed by atoms with Crippen LogP contribution in [-0.4, -0.2) is 67.6 Å². The standard InChI is InChI=1S/C17H26N4O3/c1-2-7-18-16(23)12-19-17(24)13-20-8-10-21(11-9-20)14-3-5-15(22)6-4-14/h3-6,22H,2,7-13H2,1H3,(H,18,23)(H,19,24). The molecule has 24 heavy (non-hydrogen) atoms. The van der Waals surface area contributed by atoms with Crippen molar-refractivity contribution in [3.05, 3.63) is 24.3 Å². The third kappa shape index (κ3) is 5.73. The van der Waals surface area contributed by atoms with E-state index in [0.717, 1.165) is 38.3 Å². The SMILES string of the molecule is CCCNC(=O)CNC(=O)CN1CCN(c2ccc(O)cc2)CC1. The van der Waals surface area contributed by atoms with Crippen LogP contribution in [0.4, 0.5) is 5.69 Å². The summed E-state index contributed by atoms with van der Waals surface area (Å²) in [6.45, 7) is 6.19. The normalized spacial score (nSPS) is 15.1. The average Bonchev–Trinajstić information content (AvgIpc) is 2.59. The van der Waals surface area contributed by atoms with Crippen molar-refractivity contribution in [1.82, 2.24) is 15.5 Å². The molecule has 1 heterocycles. The minimum absolute atomic E-state index is 0.0340. The molecule has 2 amide bonds. The summed E-state index contributed by atoms with van der Waals surface area (Å²) in [5.74, 6) is -0.0147. The number of anilines is 1. The van der Waals surface area contributed by atoms with Crippen LogP contribution in [0.25, 0.3) is 0 Å². The van der Waals surface area contributed by atoms with Crippen LogP contribution in [0.1, 0.15) is 13.3 Å². The minimum atomic E-state index is -0.151. The second kappa shape index (κ2) is 9.12. The third-order valence-corrected chi connectivity index (χ3v) is 3.97. The van der Waals surface area contributed by atoms with Crippen molar-refractivity contribution < 1.29 is 14.7 Å². The lowest BCUT2D eigenvalue weighted by Gasteiger charge is -2.35. The fourth-order valence-electron chi connectivity index (χ4n) is 2.59. The molecule has 1 fully saturated rings. The summed E-state index contributed by atoms with van der Waals surface area (Å²) in [5, 5.41) is 14.7. The first-order chi connectivity index (χ1) is 11.6. The average molecular weight is 334 g/mol. The van der Waals surface area contributed by atoms with Crippen LogP contribution < -0.4 is 15.5 Å². The van der Waals surface area contributed by atoms with E-state index in [2.05, 4.69) is 20.4 Å². The van der Waals surface area contributed by atoms with E-state index < -0.39 is 0 Å². The lowest BCUT2D eigenvalue weighted by atomic mass is 10.2. The molecular formula is C17H26N4O3. The fourth-order valence-corrected chi connectivity index (χ4v) is 2.59. The molecule has 0 aliphatic carbocycles. The van der Waals surface area contributed by atoms with E-state index in [9.17, 15) is 14.7 Å². The number of phenols is 1. The summed E-state index contributed by atoms with van der Waals surface area (Å²) in [4.78, 5) is 27.7. The van der Waals surface area contributed by atoms with Gasteiger partial charge in [0.05, 0.1) is 13.1 Å². The van der Waals surface area contributed by atoms with Crippen LogP contribution in [0.15, 0.2) is 24.3 Å². The van der Waals surface area contributed by atoms with Crippen LogP contribution in [0.2, 0.25) is 0 Å². The molecular weight excluding hydrogens is 308 g/mol. The molecule has 0 saturated carbocycles. The van der Waals surface area contributed by atoms with Crippen molar-refractivity contribution in [2.45, 2.75) is 13.3 Å². The van der Waals surface area contributed by atoms with Crippen molar-refractivity contribution in [2.24, 2.45) is 0 Å². The Kier molecular flexibility index (Phi) is 6.87. The summed E-state index contributed by atoms with van der Waals surface area (Å²) in [6, 6.07) is 7.15. The Balaban J connectivity index is 1.68. The highest BCUT2D eigenvalue weighted by atomic mass is 16.3. The van der Waals surface area contributed by atoms with Gasteiger partial charge in [-0.1, -0.05) is 6.92 Å². The Morgan fingerprint density at radius 1 is 1.04 bits per heavy atom. The van der Waals surface area contributed by atoms with Gasteiger partial charge in [-0.25, -0.2) is 0 Å². The Morgan fingerprint density at radius 3 is 2.33 bits per heavy atom. The van der Waals surface area contributed by atoms with Gasteiger partial charge in [-0.05, 0) is 30.7 Å². The summed E-state index contributed by atoms with van der Waals surface area (Å²) >= 11 is 0. The van der Waals surface area contributed by atoms with Gasteiger partial charge in [-0.15, -0.1) is 0 Å². The largest absolute Gasteiger partial charge is 0.508 e. The van der Waals surface area contributed by atoms with Gasteiger partial charge < -0.3 is 20.6 Å². The van der Waals surface area contributed by atoms with Gasteiger partial charge in [0, 0.05) is 38.4 Å². The quantitative estimate of drug-likeness (QED) is 0.661. The molecule has 1 aliphatic rings. The van der Waals surface area contributed by atoms with E-state index in [0.29, 0.717) is 13.1 Å². The lowest BCUT2D eigenvalue weighted by Crippen LogP contribution is -2.50. The number of aromatic hydroxyl groups is 1. The number of nitrogens with one attached hydrogen (secondary N) is 2. The summed E-state index contributed by atoms with van der Waals surface area (Å²) in [5.41, 5.74) is 1.07. The molecule has 1 aliphatic heterocycles. The number of benzene rings is 1. The number of nitrogens with zero attached hydrogens (tertiary/aromatic N) is 2.